The lowest BCUT2D eigenvalue weighted by Crippen LogP contribution is -2.67. The highest BCUT2D eigenvalue weighted by molar-refractivity contribution is 5.83. The van der Waals surface area contributed by atoms with Crippen LogP contribution in [0.25, 0.3) is 0 Å². The van der Waals surface area contributed by atoms with E-state index in [1.807, 2.05) is 6.08 Å². The molecule has 26 heteroatoms. The molecule has 2 N–H and O–H groups in total. The van der Waals surface area contributed by atoms with Gasteiger partial charge < -0.3 is 72.2 Å². The Bertz CT molecular complexity index is 2400. The minimum Gasteiger partial charge on any atom is -0.463 e. The smallest absolute Gasteiger partial charge is 0.303 e. The van der Waals surface area contributed by atoms with E-state index in [4.69, 9.17) is 61.6 Å². The Morgan fingerprint density at radius 1 is 0.398 bits per heavy atom. The molecule has 562 valence electrons. The maximum Gasteiger partial charge on any atom is 0.303 e. The average Bonchev–Trinajstić information content (AvgIpc) is 0.786. The summed E-state index contributed by atoms with van der Waals surface area (Å²) in [6.45, 7) is 13.1. The van der Waals surface area contributed by atoms with Gasteiger partial charge in [0.25, 0.3) is 5.91 Å². The molecule has 2 heterocycles. The van der Waals surface area contributed by atoms with Gasteiger partial charge in [-0.25, -0.2) is 0 Å². The second-order valence-corrected chi connectivity index (χ2v) is 25.7. The SMILES string of the molecule is CCCCCCCCCCC/C=C/C[C@@H](OC(C)=O)[C@@H](OC(C)=O)[C@H](CO[C@@H]1O[C@H](CO[C@@H]2O[C@H](COC(C)=O)[C@@H](OC(C)=O)[C@H](OC(C)=O)[C@H]2NC(C)=O)[C@@H](OC(C)=O)[C@H](OC(C)=O)[C@H]1OC(C)=O)NC(=O)[C@@H](CCCCCCCCCCCCCCCCCCCC)OC(C)=O. The molecule has 0 aromatic carbocycles. The molecule has 2 saturated heterocycles. The van der Waals surface area contributed by atoms with Crippen molar-refractivity contribution in [2.75, 3.05) is 19.8 Å². The number of nitrogens with one attached hydrogen (secondary N) is 2. The molecule has 0 unspecified atom stereocenters. The third kappa shape index (κ3) is 38.9. The largest absolute Gasteiger partial charge is 0.463 e. The fourth-order valence-corrected chi connectivity index (χ4v) is 12.1. The molecule has 0 bridgehead atoms. The molecule has 2 aliphatic heterocycles. The van der Waals surface area contributed by atoms with Crippen molar-refractivity contribution in [2.45, 2.75) is 361 Å². The molecule has 0 aliphatic carbocycles. The average molecular weight is 1400 g/mol. The summed E-state index contributed by atoms with van der Waals surface area (Å²) in [6, 6.07) is -3.02. The van der Waals surface area contributed by atoms with Crippen molar-refractivity contribution in [3.63, 3.8) is 0 Å². The van der Waals surface area contributed by atoms with Crippen LogP contribution >= 0.6 is 0 Å². The molecule has 0 radical (unpaired) electrons. The Hall–Kier alpha value is -6.25. The van der Waals surface area contributed by atoms with Crippen LogP contribution in [0, 0.1) is 0 Å². The molecule has 2 rings (SSSR count). The Morgan fingerprint density at radius 2 is 0.806 bits per heavy atom. The van der Waals surface area contributed by atoms with Crippen molar-refractivity contribution in [3.8, 4) is 0 Å². The van der Waals surface area contributed by atoms with Gasteiger partial charge in [-0.05, 0) is 25.7 Å². The molecule has 2 amide bonds. The zero-order chi connectivity index (χ0) is 72.8. The standard InChI is InChI=1S/C72H120N2O24/c1-13-15-17-19-21-23-25-27-28-29-30-31-32-34-36-38-40-42-44-60(90-51(6)78)70(85)74-58(64(91-52(7)79)59(89-50(5)77)43-41-39-37-35-33-26-24-22-20-18-16-14-2)45-87-72-69(96-57(12)84)68(95-56(11)83)66(93-54(9)81)62(98-72)47-88-71-63(73-48(3)75)67(94-55(10)82)65(92-53(8)80)61(97-71)46-86-49(4)76/h39,41,58-69,71-72H,13-38,40,42-47H2,1-12H3,(H,73,75)(H,74,85)/b41-39+/t58-,59+,60+,61+,62+,63+,64-,65+,66+,67+,68-,69+,71+,72+/m0/s1. The van der Waals surface area contributed by atoms with Gasteiger partial charge in [0.1, 0.15) is 31.0 Å². The van der Waals surface area contributed by atoms with E-state index in [-0.39, 0.29) is 12.8 Å². The Morgan fingerprint density at radius 3 is 1.26 bits per heavy atom. The van der Waals surface area contributed by atoms with Crippen LogP contribution in [0.4, 0.5) is 0 Å². The van der Waals surface area contributed by atoms with Gasteiger partial charge in [-0.2, -0.15) is 0 Å². The van der Waals surface area contributed by atoms with Gasteiger partial charge in [0.2, 0.25) is 5.91 Å². The number of carbonyl (C=O) groups excluding carboxylic acids is 11. The molecule has 0 aromatic rings. The lowest BCUT2D eigenvalue weighted by Gasteiger charge is -2.47. The first kappa shape index (κ1) is 87.8. The minimum atomic E-state index is -1.90. The third-order valence-corrected chi connectivity index (χ3v) is 16.6. The molecule has 26 nitrogen and oxygen atoms in total. The lowest BCUT2D eigenvalue weighted by molar-refractivity contribution is -0.325. The zero-order valence-corrected chi connectivity index (χ0v) is 60.9. The van der Waals surface area contributed by atoms with E-state index in [0.717, 1.165) is 127 Å². The van der Waals surface area contributed by atoms with Gasteiger partial charge in [-0.15, -0.1) is 0 Å². The predicted molar refractivity (Wildman–Crippen MR) is 359 cm³/mol. The third-order valence-electron chi connectivity index (χ3n) is 16.6. The number of rotatable bonds is 52. The van der Waals surface area contributed by atoms with Crippen LogP contribution in [0.15, 0.2) is 12.2 Å². The quantitative estimate of drug-likeness (QED) is 0.0247. The van der Waals surface area contributed by atoms with Crippen molar-refractivity contribution in [1.29, 1.82) is 0 Å². The number of hydrogen-bond donors (Lipinski definition) is 2. The molecule has 2 fully saturated rings. The van der Waals surface area contributed by atoms with Crippen molar-refractivity contribution < 1.29 is 114 Å². The zero-order valence-electron chi connectivity index (χ0n) is 60.9. The molecular formula is C72H120N2O24. The fourth-order valence-electron chi connectivity index (χ4n) is 12.1. The summed E-state index contributed by atoms with van der Waals surface area (Å²) in [5, 5.41) is 5.42. The van der Waals surface area contributed by atoms with Crippen LogP contribution in [0.5, 0.6) is 0 Å². The highest BCUT2D eigenvalue weighted by atomic mass is 16.8. The number of esters is 9. The maximum atomic E-state index is 14.8. The monoisotopic (exact) mass is 1400 g/mol. The van der Waals surface area contributed by atoms with E-state index in [1.165, 1.54) is 109 Å². The molecule has 0 aromatic heterocycles. The second-order valence-electron chi connectivity index (χ2n) is 25.7. The Labute approximate surface area is 581 Å². The summed E-state index contributed by atoms with van der Waals surface area (Å²) in [5.74, 6) is -9.36. The predicted octanol–water partition coefficient (Wildman–Crippen LogP) is 10.8. The van der Waals surface area contributed by atoms with E-state index in [0.29, 0.717) is 12.8 Å². The van der Waals surface area contributed by atoms with Crippen molar-refractivity contribution in [1.82, 2.24) is 10.6 Å². The van der Waals surface area contributed by atoms with E-state index in [2.05, 4.69) is 24.5 Å². The van der Waals surface area contributed by atoms with E-state index < -0.39 is 171 Å². The molecule has 0 spiro atoms. The Kier molecular flexibility index (Phi) is 46.5. The second kappa shape index (κ2) is 51.8. The van der Waals surface area contributed by atoms with Gasteiger partial charge in [0, 0.05) is 75.7 Å². The van der Waals surface area contributed by atoms with Gasteiger partial charge in [0.05, 0.1) is 19.3 Å². The topological polar surface area (TPSA) is 332 Å². The lowest BCUT2D eigenvalue weighted by atomic mass is 9.95. The number of hydrogen-bond acceptors (Lipinski definition) is 24. The van der Waals surface area contributed by atoms with E-state index in [9.17, 15) is 52.7 Å². The maximum absolute atomic E-state index is 14.8. The van der Waals surface area contributed by atoms with Gasteiger partial charge in [-0.1, -0.05) is 187 Å². The highest BCUT2D eigenvalue weighted by Gasteiger charge is 2.55. The summed E-state index contributed by atoms with van der Waals surface area (Å²) in [7, 11) is 0. The van der Waals surface area contributed by atoms with Gasteiger partial charge in [0.15, 0.2) is 55.3 Å². The molecule has 0 saturated carbocycles. The number of unbranched alkanes of at least 4 members (excludes halogenated alkanes) is 26. The first-order chi connectivity index (χ1) is 46.8. The fraction of sp³-hybridized carbons (Fsp3) is 0.819. The van der Waals surface area contributed by atoms with Crippen LogP contribution < -0.4 is 10.6 Å². The number of allylic oxidation sites excluding steroid dienone is 1. The summed E-state index contributed by atoms with van der Waals surface area (Å²) in [4.78, 5) is 143. The van der Waals surface area contributed by atoms with Crippen LogP contribution in [-0.4, -0.2) is 171 Å². The summed E-state index contributed by atoms with van der Waals surface area (Å²) in [6.07, 6.45) is 15.9. The summed E-state index contributed by atoms with van der Waals surface area (Å²) < 4.78 is 76.6. The van der Waals surface area contributed by atoms with Crippen molar-refractivity contribution >= 4 is 65.5 Å². The first-order valence-electron chi connectivity index (χ1n) is 36.1. The molecule has 14 atom stereocenters. The minimum absolute atomic E-state index is 0.0353. The first-order valence-corrected chi connectivity index (χ1v) is 36.1. The summed E-state index contributed by atoms with van der Waals surface area (Å²) in [5.41, 5.74) is 0. The van der Waals surface area contributed by atoms with Crippen molar-refractivity contribution in [3.05, 3.63) is 12.2 Å². The highest BCUT2D eigenvalue weighted by Crippen LogP contribution is 2.34. The van der Waals surface area contributed by atoms with E-state index in [1.54, 1.807) is 6.08 Å². The number of amides is 2. The van der Waals surface area contributed by atoms with Crippen LogP contribution in [-0.2, 0) is 114 Å². The van der Waals surface area contributed by atoms with Gasteiger partial charge in [-0.3, -0.25) is 52.7 Å². The van der Waals surface area contributed by atoms with Gasteiger partial charge >= 0.3 is 53.7 Å². The normalized spacial score (nSPS) is 21.8. The van der Waals surface area contributed by atoms with Crippen LogP contribution in [0.1, 0.15) is 276 Å². The number of carbonyl (C=O) groups is 11. The molecule has 2 aliphatic rings. The summed E-state index contributed by atoms with van der Waals surface area (Å²) >= 11 is 0. The molecule has 98 heavy (non-hydrogen) atoms. The van der Waals surface area contributed by atoms with Crippen LogP contribution in [0.3, 0.4) is 0 Å². The van der Waals surface area contributed by atoms with E-state index >= 15 is 0 Å². The number of ether oxygens (including phenoxy) is 13. The van der Waals surface area contributed by atoms with Crippen LogP contribution in [0.2, 0.25) is 0 Å². The molecular weight excluding hydrogens is 1280 g/mol. The Balaban J connectivity index is 2.67. The van der Waals surface area contributed by atoms with Crippen molar-refractivity contribution in [2.24, 2.45) is 0 Å².